The molecular formula is C18H17ClN4OS. The van der Waals surface area contributed by atoms with Crippen LogP contribution in [-0.4, -0.2) is 18.1 Å². The summed E-state index contributed by atoms with van der Waals surface area (Å²) in [6, 6.07) is 15.4. The van der Waals surface area contributed by atoms with Crippen molar-refractivity contribution in [2.75, 3.05) is 12.4 Å². The molecule has 0 aliphatic rings. The van der Waals surface area contributed by atoms with Gasteiger partial charge in [0.15, 0.2) is 5.96 Å². The van der Waals surface area contributed by atoms with Crippen LogP contribution in [0.1, 0.15) is 5.01 Å². The number of ether oxygens (including phenoxy) is 1. The van der Waals surface area contributed by atoms with Crippen molar-refractivity contribution in [2.45, 2.75) is 6.54 Å². The van der Waals surface area contributed by atoms with Crippen molar-refractivity contribution in [3.05, 3.63) is 63.9 Å². The van der Waals surface area contributed by atoms with E-state index in [1.807, 2.05) is 41.8 Å². The van der Waals surface area contributed by atoms with Crippen LogP contribution >= 0.6 is 22.9 Å². The molecule has 0 fully saturated rings. The molecule has 3 rings (SSSR count). The number of anilines is 1. The first-order chi connectivity index (χ1) is 12.2. The van der Waals surface area contributed by atoms with E-state index in [1.54, 1.807) is 30.6 Å². The number of halogens is 1. The highest BCUT2D eigenvalue weighted by molar-refractivity contribution is 7.09. The molecule has 0 radical (unpaired) electrons. The van der Waals surface area contributed by atoms with Gasteiger partial charge in [0.2, 0.25) is 0 Å². The van der Waals surface area contributed by atoms with E-state index in [1.165, 1.54) is 0 Å². The summed E-state index contributed by atoms with van der Waals surface area (Å²) in [7, 11) is 1.57. The van der Waals surface area contributed by atoms with Gasteiger partial charge in [-0.05, 0) is 18.2 Å². The number of methoxy groups -OCH3 is 1. The van der Waals surface area contributed by atoms with Gasteiger partial charge in [-0.2, -0.15) is 0 Å². The van der Waals surface area contributed by atoms with E-state index < -0.39 is 0 Å². The molecule has 3 aromatic rings. The number of nitrogens with zero attached hydrogens (tertiary/aromatic N) is 2. The molecule has 1 heterocycles. The molecule has 0 saturated heterocycles. The molecule has 3 N–H and O–H groups in total. The van der Waals surface area contributed by atoms with Gasteiger partial charge >= 0.3 is 0 Å². The topological polar surface area (TPSA) is 72.5 Å². The van der Waals surface area contributed by atoms with E-state index in [9.17, 15) is 0 Å². The molecule has 0 amide bonds. The zero-order valence-electron chi connectivity index (χ0n) is 13.6. The van der Waals surface area contributed by atoms with Crippen molar-refractivity contribution in [2.24, 2.45) is 10.7 Å². The first kappa shape index (κ1) is 17.3. The fourth-order valence-corrected chi connectivity index (χ4v) is 3.19. The summed E-state index contributed by atoms with van der Waals surface area (Å²) in [5, 5.41) is 6.43. The second-order valence-corrected chi connectivity index (χ2v) is 6.52. The third-order valence-electron chi connectivity index (χ3n) is 3.43. The number of hydrogen-bond acceptors (Lipinski definition) is 4. The fourth-order valence-electron chi connectivity index (χ4n) is 2.21. The van der Waals surface area contributed by atoms with Crippen molar-refractivity contribution >= 4 is 34.6 Å². The lowest BCUT2D eigenvalue weighted by Crippen LogP contribution is -2.22. The molecule has 0 bridgehead atoms. The number of guanidine groups is 1. The molecule has 0 aliphatic carbocycles. The Kier molecular flexibility index (Phi) is 5.53. The van der Waals surface area contributed by atoms with Gasteiger partial charge in [0.25, 0.3) is 0 Å². The van der Waals surface area contributed by atoms with Crippen LogP contribution in [0.2, 0.25) is 5.02 Å². The highest BCUT2D eigenvalue weighted by atomic mass is 35.5. The second kappa shape index (κ2) is 8.00. The van der Waals surface area contributed by atoms with Crippen LogP contribution < -0.4 is 15.8 Å². The minimum atomic E-state index is 0.303. The summed E-state index contributed by atoms with van der Waals surface area (Å²) in [6.07, 6.45) is 0. The molecule has 1 aromatic heterocycles. The van der Waals surface area contributed by atoms with Crippen LogP contribution in [0.4, 0.5) is 5.69 Å². The van der Waals surface area contributed by atoms with E-state index in [0.29, 0.717) is 23.3 Å². The number of thiazole rings is 1. The molecule has 0 saturated carbocycles. The number of nitrogens with one attached hydrogen (secondary N) is 1. The molecule has 0 atom stereocenters. The van der Waals surface area contributed by atoms with E-state index >= 15 is 0 Å². The van der Waals surface area contributed by atoms with E-state index in [4.69, 9.17) is 22.1 Å². The van der Waals surface area contributed by atoms with Crippen molar-refractivity contribution in [1.29, 1.82) is 0 Å². The summed E-state index contributed by atoms with van der Waals surface area (Å²) < 4.78 is 5.12. The van der Waals surface area contributed by atoms with Gasteiger partial charge in [0.1, 0.15) is 10.8 Å². The van der Waals surface area contributed by atoms with Crippen LogP contribution in [0, 0.1) is 0 Å². The zero-order chi connectivity index (χ0) is 17.6. The lowest BCUT2D eigenvalue weighted by Gasteiger charge is -2.08. The van der Waals surface area contributed by atoms with Crippen molar-refractivity contribution in [3.8, 4) is 17.0 Å². The lowest BCUT2D eigenvalue weighted by molar-refractivity contribution is 0.415. The number of aromatic nitrogens is 1. The number of rotatable bonds is 5. The molecule has 25 heavy (non-hydrogen) atoms. The standard InChI is InChI=1S/C18H17ClN4OS/c1-24-16-8-7-13(9-14(16)19)22-18(20)21-10-17-23-15(11-25-17)12-5-3-2-4-6-12/h2-9,11H,10H2,1H3,(H3,20,21,22). The Hall–Kier alpha value is -2.57. The lowest BCUT2D eigenvalue weighted by atomic mass is 10.2. The highest BCUT2D eigenvalue weighted by Gasteiger charge is 2.05. The first-order valence-corrected chi connectivity index (χ1v) is 8.82. The molecule has 0 spiro atoms. The normalized spacial score (nSPS) is 11.4. The van der Waals surface area contributed by atoms with Gasteiger partial charge in [-0.1, -0.05) is 41.9 Å². The fraction of sp³-hybridized carbons (Fsp3) is 0.111. The number of benzene rings is 2. The van der Waals surface area contributed by atoms with Gasteiger partial charge in [0.05, 0.1) is 24.4 Å². The zero-order valence-corrected chi connectivity index (χ0v) is 15.1. The van der Waals surface area contributed by atoms with Crippen molar-refractivity contribution < 1.29 is 4.74 Å². The summed E-state index contributed by atoms with van der Waals surface area (Å²) in [4.78, 5) is 8.91. The summed E-state index contributed by atoms with van der Waals surface area (Å²) in [5.74, 6) is 0.914. The predicted octanol–water partition coefficient (Wildman–Crippen LogP) is 4.40. The molecule has 5 nitrogen and oxygen atoms in total. The minimum Gasteiger partial charge on any atom is -0.495 e. The molecule has 0 aliphatic heterocycles. The molecular weight excluding hydrogens is 356 g/mol. The maximum atomic E-state index is 6.09. The van der Waals surface area contributed by atoms with Gasteiger partial charge in [-0.3, -0.25) is 0 Å². The van der Waals surface area contributed by atoms with Crippen LogP contribution in [0.25, 0.3) is 11.3 Å². The Morgan fingerprint density at radius 2 is 2.08 bits per heavy atom. The Bertz CT molecular complexity index is 880. The molecule has 7 heteroatoms. The number of aliphatic imine (C=N–C) groups is 1. The van der Waals surface area contributed by atoms with Gasteiger partial charge < -0.3 is 15.8 Å². The maximum Gasteiger partial charge on any atom is 0.193 e. The largest absolute Gasteiger partial charge is 0.495 e. The Labute approximate surface area is 155 Å². The van der Waals surface area contributed by atoms with Crippen LogP contribution in [0.3, 0.4) is 0 Å². The molecule has 0 unspecified atom stereocenters. The second-order valence-electron chi connectivity index (χ2n) is 5.17. The third-order valence-corrected chi connectivity index (χ3v) is 4.56. The van der Waals surface area contributed by atoms with Gasteiger partial charge in [-0.15, -0.1) is 11.3 Å². The van der Waals surface area contributed by atoms with Crippen molar-refractivity contribution in [1.82, 2.24) is 4.98 Å². The van der Waals surface area contributed by atoms with E-state index in [2.05, 4.69) is 15.3 Å². The van der Waals surface area contributed by atoms with E-state index in [-0.39, 0.29) is 0 Å². The molecule has 2 aromatic carbocycles. The molecule has 128 valence electrons. The average Bonchev–Trinajstić information content (AvgIpc) is 3.10. The number of hydrogen-bond donors (Lipinski definition) is 2. The van der Waals surface area contributed by atoms with Crippen LogP contribution in [0.15, 0.2) is 58.9 Å². The summed E-state index contributed by atoms with van der Waals surface area (Å²) in [5.41, 5.74) is 8.72. The SMILES string of the molecule is COc1ccc(NC(N)=NCc2nc(-c3ccccc3)cs2)cc1Cl. The first-order valence-electron chi connectivity index (χ1n) is 7.56. The minimum absolute atomic E-state index is 0.303. The predicted molar refractivity (Wildman–Crippen MR) is 105 cm³/mol. The quantitative estimate of drug-likeness (QED) is 0.514. The highest BCUT2D eigenvalue weighted by Crippen LogP contribution is 2.27. The Morgan fingerprint density at radius 1 is 1.28 bits per heavy atom. The third kappa shape index (κ3) is 4.49. The van der Waals surface area contributed by atoms with Crippen molar-refractivity contribution in [3.63, 3.8) is 0 Å². The van der Waals surface area contributed by atoms with Gasteiger partial charge in [-0.25, -0.2) is 9.98 Å². The summed E-state index contributed by atoms with van der Waals surface area (Å²) >= 11 is 7.65. The number of nitrogens with two attached hydrogens (primary N) is 1. The summed E-state index contributed by atoms with van der Waals surface area (Å²) in [6.45, 7) is 0.417. The monoisotopic (exact) mass is 372 g/mol. The van der Waals surface area contributed by atoms with E-state index in [0.717, 1.165) is 22.0 Å². The Balaban J connectivity index is 1.64. The smallest absolute Gasteiger partial charge is 0.193 e. The van der Waals surface area contributed by atoms with Gasteiger partial charge in [0, 0.05) is 16.6 Å². The average molecular weight is 373 g/mol. The maximum absolute atomic E-state index is 6.09. The van der Waals surface area contributed by atoms with Crippen LogP contribution in [-0.2, 0) is 6.54 Å². The van der Waals surface area contributed by atoms with Crippen LogP contribution in [0.5, 0.6) is 5.75 Å². The Morgan fingerprint density at radius 3 is 2.80 bits per heavy atom.